The zero-order valence-electron chi connectivity index (χ0n) is 12.2. The van der Waals surface area contributed by atoms with E-state index in [1.54, 1.807) is 6.07 Å². The molecule has 0 amide bonds. The number of unbranched alkanes of at least 4 members (excludes halogenated alkanes) is 3. The Balaban J connectivity index is 2.15. The van der Waals surface area contributed by atoms with Crippen molar-refractivity contribution in [1.82, 2.24) is 0 Å². The molecule has 0 aliphatic carbocycles. The second kappa shape index (κ2) is 9.48. The van der Waals surface area contributed by atoms with Gasteiger partial charge >= 0.3 is 0 Å². The number of hydrogen-bond donors (Lipinski definition) is 3. The molecule has 20 heavy (non-hydrogen) atoms. The van der Waals surface area contributed by atoms with Gasteiger partial charge in [0.2, 0.25) is 5.75 Å². The SMILES string of the molecule is CCCCCCC(O)CCCOc1c(O)cccc1O. The van der Waals surface area contributed by atoms with E-state index in [2.05, 4.69) is 6.92 Å². The lowest BCUT2D eigenvalue weighted by Crippen LogP contribution is -2.09. The van der Waals surface area contributed by atoms with E-state index in [-0.39, 0.29) is 23.4 Å². The minimum atomic E-state index is -0.284. The number of phenolic OH excluding ortho intramolecular Hbond substituents is 2. The van der Waals surface area contributed by atoms with E-state index in [1.807, 2.05) is 0 Å². The number of rotatable bonds is 10. The molecule has 0 heterocycles. The van der Waals surface area contributed by atoms with E-state index in [9.17, 15) is 15.3 Å². The third kappa shape index (κ3) is 6.15. The van der Waals surface area contributed by atoms with Crippen LogP contribution in [0.15, 0.2) is 18.2 Å². The minimum Gasteiger partial charge on any atom is -0.504 e. The van der Waals surface area contributed by atoms with E-state index in [0.717, 1.165) is 12.8 Å². The van der Waals surface area contributed by atoms with Crippen molar-refractivity contribution in [1.29, 1.82) is 0 Å². The molecule has 114 valence electrons. The van der Waals surface area contributed by atoms with Gasteiger partial charge in [0.15, 0.2) is 11.5 Å². The standard InChI is InChI=1S/C16H26O4/c1-2-3-4-5-8-13(17)9-7-12-20-16-14(18)10-6-11-15(16)19/h6,10-11,13,17-19H,2-5,7-9,12H2,1H3. The summed E-state index contributed by atoms with van der Waals surface area (Å²) in [4.78, 5) is 0. The fraction of sp³-hybridized carbons (Fsp3) is 0.625. The number of phenols is 2. The van der Waals surface area contributed by atoms with E-state index >= 15 is 0 Å². The van der Waals surface area contributed by atoms with Crippen molar-refractivity contribution in [2.45, 2.75) is 58.0 Å². The first-order valence-electron chi connectivity index (χ1n) is 7.47. The number of aromatic hydroxyl groups is 2. The van der Waals surface area contributed by atoms with Crippen LogP contribution in [0.3, 0.4) is 0 Å². The molecule has 0 aliphatic rings. The Morgan fingerprint density at radius 3 is 2.30 bits per heavy atom. The summed E-state index contributed by atoms with van der Waals surface area (Å²) in [7, 11) is 0. The van der Waals surface area contributed by atoms with E-state index in [4.69, 9.17) is 4.74 Å². The normalized spacial score (nSPS) is 12.3. The molecule has 0 fully saturated rings. The maximum absolute atomic E-state index is 9.80. The highest BCUT2D eigenvalue weighted by Crippen LogP contribution is 2.35. The molecule has 1 aromatic carbocycles. The molecule has 1 unspecified atom stereocenters. The monoisotopic (exact) mass is 282 g/mol. The van der Waals surface area contributed by atoms with Crippen molar-refractivity contribution >= 4 is 0 Å². The Kier molecular flexibility index (Phi) is 7.88. The number of para-hydroxylation sites is 1. The molecular weight excluding hydrogens is 256 g/mol. The van der Waals surface area contributed by atoms with Gasteiger partial charge in [-0.1, -0.05) is 38.7 Å². The quantitative estimate of drug-likeness (QED) is 0.574. The van der Waals surface area contributed by atoms with Gasteiger partial charge in [-0.15, -0.1) is 0 Å². The molecule has 0 bridgehead atoms. The molecule has 0 spiro atoms. The van der Waals surface area contributed by atoms with Crippen LogP contribution < -0.4 is 4.74 Å². The number of aliphatic hydroxyl groups is 1. The van der Waals surface area contributed by atoms with Crippen molar-refractivity contribution in [3.8, 4) is 17.2 Å². The first-order chi connectivity index (χ1) is 9.65. The summed E-state index contributed by atoms with van der Waals surface area (Å²) >= 11 is 0. The Bertz CT molecular complexity index is 358. The maximum Gasteiger partial charge on any atom is 0.203 e. The molecule has 4 heteroatoms. The van der Waals surface area contributed by atoms with Gasteiger partial charge in [0.05, 0.1) is 12.7 Å². The summed E-state index contributed by atoms with van der Waals surface area (Å²) in [5.41, 5.74) is 0. The van der Waals surface area contributed by atoms with Crippen LogP contribution in [0.5, 0.6) is 17.2 Å². The molecule has 0 saturated carbocycles. The summed E-state index contributed by atoms with van der Waals surface area (Å²) in [5, 5.41) is 28.9. The molecule has 1 atom stereocenters. The van der Waals surface area contributed by atoms with Crippen LogP contribution in [0.1, 0.15) is 51.9 Å². The van der Waals surface area contributed by atoms with Gasteiger partial charge < -0.3 is 20.1 Å². The average Bonchev–Trinajstić information content (AvgIpc) is 2.42. The molecule has 0 aromatic heterocycles. The molecule has 1 aromatic rings. The van der Waals surface area contributed by atoms with Gasteiger partial charge in [0, 0.05) is 0 Å². The van der Waals surface area contributed by atoms with Gasteiger partial charge in [-0.3, -0.25) is 0 Å². The fourth-order valence-corrected chi connectivity index (χ4v) is 2.11. The van der Waals surface area contributed by atoms with Crippen molar-refractivity contribution in [2.75, 3.05) is 6.61 Å². The summed E-state index contributed by atoms with van der Waals surface area (Å²) in [6.45, 7) is 2.54. The van der Waals surface area contributed by atoms with Crippen LogP contribution in [0.4, 0.5) is 0 Å². The van der Waals surface area contributed by atoms with Crippen LogP contribution in [0, 0.1) is 0 Å². The molecule has 0 radical (unpaired) electrons. The molecule has 0 aliphatic heterocycles. The van der Waals surface area contributed by atoms with Crippen LogP contribution in [0.2, 0.25) is 0 Å². The lowest BCUT2D eigenvalue weighted by molar-refractivity contribution is 0.139. The van der Waals surface area contributed by atoms with Crippen LogP contribution in [-0.4, -0.2) is 28.0 Å². The lowest BCUT2D eigenvalue weighted by atomic mass is 10.1. The molecule has 1 rings (SSSR count). The molecule has 0 saturated heterocycles. The van der Waals surface area contributed by atoms with Crippen molar-refractivity contribution in [2.24, 2.45) is 0 Å². The Labute approximate surface area is 121 Å². The number of ether oxygens (including phenoxy) is 1. The largest absolute Gasteiger partial charge is 0.504 e. The Hall–Kier alpha value is -1.42. The average molecular weight is 282 g/mol. The van der Waals surface area contributed by atoms with Gasteiger partial charge in [0.25, 0.3) is 0 Å². The zero-order valence-corrected chi connectivity index (χ0v) is 12.2. The van der Waals surface area contributed by atoms with Crippen molar-refractivity contribution in [3.63, 3.8) is 0 Å². The number of benzene rings is 1. The second-order valence-electron chi connectivity index (χ2n) is 5.12. The van der Waals surface area contributed by atoms with E-state index in [1.165, 1.54) is 31.4 Å². The number of hydrogen-bond acceptors (Lipinski definition) is 4. The van der Waals surface area contributed by atoms with Gasteiger partial charge in [-0.25, -0.2) is 0 Å². The van der Waals surface area contributed by atoms with Crippen LogP contribution in [0.25, 0.3) is 0 Å². The molecule has 4 nitrogen and oxygen atoms in total. The van der Waals surface area contributed by atoms with Crippen molar-refractivity contribution < 1.29 is 20.1 Å². The Morgan fingerprint density at radius 1 is 1.00 bits per heavy atom. The summed E-state index contributed by atoms with van der Waals surface area (Å²) in [6, 6.07) is 4.49. The highest BCUT2D eigenvalue weighted by molar-refractivity contribution is 5.49. The predicted octanol–water partition coefficient (Wildman–Crippen LogP) is 3.59. The highest BCUT2D eigenvalue weighted by atomic mass is 16.5. The summed E-state index contributed by atoms with van der Waals surface area (Å²) in [5.74, 6) is -0.0137. The molecule has 3 N–H and O–H groups in total. The minimum absolute atomic E-state index is 0.0647. The second-order valence-corrected chi connectivity index (χ2v) is 5.12. The zero-order chi connectivity index (χ0) is 14.8. The van der Waals surface area contributed by atoms with Crippen molar-refractivity contribution in [3.05, 3.63) is 18.2 Å². The first-order valence-corrected chi connectivity index (χ1v) is 7.47. The Morgan fingerprint density at radius 2 is 1.65 bits per heavy atom. The predicted molar refractivity (Wildman–Crippen MR) is 79.3 cm³/mol. The third-order valence-corrected chi connectivity index (χ3v) is 3.29. The summed E-state index contributed by atoms with van der Waals surface area (Å²) < 4.78 is 5.35. The van der Waals surface area contributed by atoms with Gasteiger partial charge in [-0.2, -0.15) is 0 Å². The smallest absolute Gasteiger partial charge is 0.203 e. The lowest BCUT2D eigenvalue weighted by Gasteiger charge is -2.12. The fourth-order valence-electron chi connectivity index (χ4n) is 2.11. The third-order valence-electron chi connectivity index (χ3n) is 3.29. The first kappa shape index (κ1) is 16.6. The highest BCUT2D eigenvalue weighted by Gasteiger charge is 2.08. The summed E-state index contributed by atoms with van der Waals surface area (Å²) in [6.07, 6.45) is 6.60. The van der Waals surface area contributed by atoms with E-state index < -0.39 is 0 Å². The molecular formula is C16H26O4. The number of aliphatic hydroxyl groups excluding tert-OH is 1. The van der Waals surface area contributed by atoms with Gasteiger partial charge in [0.1, 0.15) is 0 Å². The maximum atomic E-state index is 9.80. The topological polar surface area (TPSA) is 69.9 Å². The van der Waals surface area contributed by atoms with E-state index in [0.29, 0.717) is 19.4 Å². The van der Waals surface area contributed by atoms with Crippen LogP contribution in [-0.2, 0) is 0 Å². The van der Waals surface area contributed by atoms with Crippen LogP contribution >= 0.6 is 0 Å². The van der Waals surface area contributed by atoms with Gasteiger partial charge in [-0.05, 0) is 31.4 Å².